The van der Waals surface area contributed by atoms with Crippen LogP contribution < -0.4 is 10.1 Å². The molecule has 3 heteroatoms. The second-order valence-corrected chi connectivity index (χ2v) is 5.16. The van der Waals surface area contributed by atoms with Gasteiger partial charge in [0.25, 0.3) is 0 Å². The molecule has 2 aromatic carbocycles. The molecule has 0 aliphatic heterocycles. The molecule has 0 fully saturated rings. The van der Waals surface area contributed by atoms with Crippen LogP contribution in [0.1, 0.15) is 29.7 Å². The SMILES string of the molecule is CCNC(Cc1ccc(F)cc1C)c1ccc(OC)cc1. The first-order valence-electron chi connectivity index (χ1n) is 7.26. The summed E-state index contributed by atoms with van der Waals surface area (Å²) in [5, 5.41) is 3.49. The van der Waals surface area contributed by atoms with Gasteiger partial charge in [0.1, 0.15) is 11.6 Å². The molecule has 0 spiro atoms. The quantitative estimate of drug-likeness (QED) is 0.866. The van der Waals surface area contributed by atoms with Gasteiger partial charge in [-0.3, -0.25) is 0 Å². The molecule has 21 heavy (non-hydrogen) atoms. The van der Waals surface area contributed by atoms with E-state index in [1.54, 1.807) is 13.2 Å². The van der Waals surface area contributed by atoms with Gasteiger partial charge < -0.3 is 10.1 Å². The topological polar surface area (TPSA) is 21.3 Å². The maximum absolute atomic E-state index is 13.2. The Morgan fingerprint density at radius 3 is 2.43 bits per heavy atom. The van der Waals surface area contributed by atoms with Crippen molar-refractivity contribution in [3.8, 4) is 5.75 Å². The molecule has 0 aliphatic rings. The van der Waals surface area contributed by atoms with E-state index in [0.29, 0.717) is 0 Å². The summed E-state index contributed by atoms with van der Waals surface area (Å²) in [6.07, 6.45) is 0.840. The van der Waals surface area contributed by atoms with Crippen LogP contribution in [-0.2, 0) is 6.42 Å². The van der Waals surface area contributed by atoms with E-state index in [1.165, 1.54) is 11.6 Å². The van der Waals surface area contributed by atoms with Gasteiger partial charge in [0.15, 0.2) is 0 Å². The molecule has 0 bridgehead atoms. The van der Waals surface area contributed by atoms with E-state index in [-0.39, 0.29) is 11.9 Å². The molecule has 112 valence electrons. The lowest BCUT2D eigenvalue weighted by molar-refractivity contribution is 0.414. The van der Waals surface area contributed by atoms with Gasteiger partial charge in [-0.15, -0.1) is 0 Å². The van der Waals surface area contributed by atoms with E-state index in [1.807, 2.05) is 25.1 Å². The normalized spacial score (nSPS) is 12.2. The van der Waals surface area contributed by atoms with Gasteiger partial charge in [0.05, 0.1) is 7.11 Å². The van der Waals surface area contributed by atoms with Crippen molar-refractivity contribution >= 4 is 0 Å². The summed E-state index contributed by atoms with van der Waals surface area (Å²) in [4.78, 5) is 0. The molecular weight excluding hydrogens is 265 g/mol. The number of rotatable bonds is 6. The number of hydrogen-bond acceptors (Lipinski definition) is 2. The molecule has 0 saturated carbocycles. The molecule has 0 aliphatic carbocycles. The van der Waals surface area contributed by atoms with Crippen LogP contribution in [0.3, 0.4) is 0 Å². The van der Waals surface area contributed by atoms with Crippen LogP contribution in [0.15, 0.2) is 42.5 Å². The Balaban J connectivity index is 2.21. The highest BCUT2D eigenvalue weighted by Gasteiger charge is 2.13. The summed E-state index contributed by atoms with van der Waals surface area (Å²) in [6, 6.07) is 13.3. The third-order valence-corrected chi connectivity index (χ3v) is 3.70. The van der Waals surface area contributed by atoms with Crippen molar-refractivity contribution in [2.75, 3.05) is 13.7 Å². The molecule has 0 saturated heterocycles. The number of hydrogen-bond donors (Lipinski definition) is 1. The summed E-state index contributed by atoms with van der Waals surface area (Å²) in [6.45, 7) is 4.93. The number of ether oxygens (including phenoxy) is 1. The molecule has 1 unspecified atom stereocenters. The van der Waals surface area contributed by atoms with Gasteiger partial charge in [-0.25, -0.2) is 4.39 Å². The molecule has 0 amide bonds. The summed E-state index contributed by atoms with van der Waals surface area (Å²) < 4.78 is 18.4. The van der Waals surface area contributed by atoms with Crippen molar-refractivity contribution in [2.45, 2.75) is 26.3 Å². The van der Waals surface area contributed by atoms with Crippen LogP contribution in [-0.4, -0.2) is 13.7 Å². The van der Waals surface area contributed by atoms with E-state index in [2.05, 4.69) is 24.4 Å². The highest BCUT2D eigenvalue weighted by molar-refractivity contribution is 5.32. The summed E-state index contributed by atoms with van der Waals surface area (Å²) in [5.41, 5.74) is 3.37. The molecule has 2 rings (SSSR count). The minimum Gasteiger partial charge on any atom is -0.497 e. The number of halogens is 1. The molecule has 1 atom stereocenters. The van der Waals surface area contributed by atoms with Crippen LogP contribution in [0.5, 0.6) is 5.75 Å². The first-order chi connectivity index (χ1) is 10.1. The lowest BCUT2D eigenvalue weighted by atomic mass is 9.96. The monoisotopic (exact) mass is 287 g/mol. The lowest BCUT2D eigenvalue weighted by Crippen LogP contribution is -2.23. The Bertz CT molecular complexity index is 580. The van der Waals surface area contributed by atoms with Crippen molar-refractivity contribution in [1.29, 1.82) is 0 Å². The highest BCUT2D eigenvalue weighted by atomic mass is 19.1. The second-order valence-electron chi connectivity index (χ2n) is 5.16. The fourth-order valence-corrected chi connectivity index (χ4v) is 2.50. The smallest absolute Gasteiger partial charge is 0.123 e. The molecule has 0 radical (unpaired) electrons. The Labute approximate surface area is 126 Å². The number of benzene rings is 2. The predicted octanol–water partition coefficient (Wildman–Crippen LogP) is 4.04. The molecular formula is C18H22FNO. The zero-order chi connectivity index (χ0) is 15.2. The molecule has 0 aromatic heterocycles. The molecule has 0 heterocycles. The lowest BCUT2D eigenvalue weighted by Gasteiger charge is -2.20. The Morgan fingerprint density at radius 1 is 1.14 bits per heavy atom. The van der Waals surface area contributed by atoms with Crippen LogP contribution in [0, 0.1) is 12.7 Å². The van der Waals surface area contributed by atoms with E-state index in [4.69, 9.17) is 4.74 Å². The average molecular weight is 287 g/mol. The van der Waals surface area contributed by atoms with Gasteiger partial charge in [-0.2, -0.15) is 0 Å². The van der Waals surface area contributed by atoms with Crippen LogP contribution in [0.4, 0.5) is 4.39 Å². The minimum absolute atomic E-state index is 0.180. The van der Waals surface area contributed by atoms with E-state index in [9.17, 15) is 4.39 Å². The van der Waals surface area contributed by atoms with Gasteiger partial charge in [-0.05, 0) is 60.8 Å². The fraction of sp³-hybridized carbons (Fsp3) is 0.333. The maximum Gasteiger partial charge on any atom is 0.123 e. The third-order valence-electron chi connectivity index (χ3n) is 3.70. The van der Waals surface area contributed by atoms with Gasteiger partial charge in [-0.1, -0.05) is 25.1 Å². The number of likely N-dealkylation sites (N-methyl/N-ethyl adjacent to an activating group) is 1. The standard InChI is InChI=1S/C18H22FNO/c1-4-20-18(14-6-9-17(21-3)10-7-14)12-15-5-8-16(19)11-13(15)2/h5-11,18,20H,4,12H2,1-3H3. The second kappa shape index (κ2) is 7.23. The van der Waals surface area contributed by atoms with Crippen LogP contribution in [0.25, 0.3) is 0 Å². The maximum atomic E-state index is 13.2. The highest BCUT2D eigenvalue weighted by Crippen LogP contribution is 2.23. The summed E-state index contributed by atoms with van der Waals surface area (Å²) >= 11 is 0. The summed E-state index contributed by atoms with van der Waals surface area (Å²) in [5.74, 6) is 0.674. The van der Waals surface area contributed by atoms with Crippen molar-refractivity contribution in [2.24, 2.45) is 0 Å². The first kappa shape index (κ1) is 15.5. The fourth-order valence-electron chi connectivity index (χ4n) is 2.50. The summed E-state index contributed by atoms with van der Waals surface area (Å²) in [7, 11) is 1.67. The number of aryl methyl sites for hydroxylation is 1. The Kier molecular flexibility index (Phi) is 5.34. The van der Waals surface area contributed by atoms with Crippen molar-refractivity contribution in [3.63, 3.8) is 0 Å². The van der Waals surface area contributed by atoms with E-state index >= 15 is 0 Å². The van der Waals surface area contributed by atoms with Crippen LogP contribution >= 0.6 is 0 Å². The molecule has 1 N–H and O–H groups in total. The van der Waals surface area contributed by atoms with Gasteiger partial charge in [0, 0.05) is 6.04 Å². The van der Waals surface area contributed by atoms with Gasteiger partial charge in [0.2, 0.25) is 0 Å². The largest absolute Gasteiger partial charge is 0.497 e. The van der Waals surface area contributed by atoms with Gasteiger partial charge >= 0.3 is 0 Å². The molecule has 2 aromatic rings. The van der Waals surface area contributed by atoms with Crippen molar-refractivity contribution < 1.29 is 9.13 Å². The average Bonchev–Trinajstić information content (AvgIpc) is 2.49. The Hall–Kier alpha value is -1.87. The van der Waals surface area contributed by atoms with E-state index in [0.717, 1.165) is 29.8 Å². The predicted molar refractivity (Wildman–Crippen MR) is 84.3 cm³/mol. The van der Waals surface area contributed by atoms with Crippen molar-refractivity contribution in [1.82, 2.24) is 5.32 Å². The zero-order valence-electron chi connectivity index (χ0n) is 12.8. The zero-order valence-corrected chi connectivity index (χ0v) is 12.8. The third kappa shape index (κ3) is 4.05. The number of methoxy groups -OCH3 is 1. The van der Waals surface area contributed by atoms with E-state index < -0.39 is 0 Å². The minimum atomic E-state index is -0.180. The number of nitrogens with one attached hydrogen (secondary N) is 1. The Morgan fingerprint density at radius 2 is 1.86 bits per heavy atom. The first-order valence-corrected chi connectivity index (χ1v) is 7.26. The van der Waals surface area contributed by atoms with Crippen molar-refractivity contribution in [3.05, 3.63) is 65.0 Å². The molecule has 2 nitrogen and oxygen atoms in total. The van der Waals surface area contributed by atoms with Crippen LogP contribution in [0.2, 0.25) is 0 Å².